The van der Waals surface area contributed by atoms with Crippen molar-refractivity contribution in [2.75, 3.05) is 40.9 Å². The molecule has 66 heavy (non-hydrogen) atoms. The Kier molecular flexibility index (Phi) is 47.4. The molecule has 8 nitrogen and oxygen atoms in total. The molecule has 0 aromatic rings. The fourth-order valence-electron chi connectivity index (χ4n) is 8.09. The lowest BCUT2D eigenvalue weighted by atomic mass is 10.0. The van der Waals surface area contributed by atoms with Gasteiger partial charge in [0, 0.05) is 6.42 Å². The SMILES string of the molecule is CCC/C=C\C/C=C\CCCCCCCC(=O)NC(COP(=O)([O-])OCC[N+](C)(C)C)C(O)/C=C/CC/C=C/CCCCCCCCCCCCCCCCCCCCCCCCCCC. The van der Waals surface area contributed by atoms with Gasteiger partial charge in [0.2, 0.25) is 5.91 Å². The van der Waals surface area contributed by atoms with Crippen LogP contribution in [-0.4, -0.2) is 68.5 Å². The second kappa shape index (κ2) is 48.5. The maximum atomic E-state index is 12.9. The minimum absolute atomic E-state index is 0.0103. The summed E-state index contributed by atoms with van der Waals surface area (Å²) in [6.45, 7) is 4.56. The van der Waals surface area contributed by atoms with Crippen molar-refractivity contribution < 1.29 is 32.9 Å². The summed E-state index contributed by atoms with van der Waals surface area (Å²) < 4.78 is 23.3. The minimum atomic E-state index is -4.61. The molecular formula is C57H109N2O6P. The Hall–Kier alpha value is -1.54. The second-order valence-electron chi connectivity index (χ2n) is 20.3. The van der Waals surface area contributed by atoms with Crippen LogP contribution in [0.1, 0.15) is 258 Å². The van der Waals surface area contributed by atoms with Crippen LogP contribution >= 0.6 is 7.82 Å². The average Bonchev–Trinajstić information content (AvgIpc) is 3.28. The molecule has 1 amide bonds. The summed E-state index contributed by atoms with van der Waals surface area (Å²) in [4.78, 5) is 25.4. The van der Waals surface area contributed by atoms with Crippen LogP contribution in [0.2, 0.25) is 0 Å². The molecule has 0 aliphatic carbocycles. The van der Waals surface area contributed by atoms with E-state index < -0.39 is 26.6 Å². The lowest BCUT2D eigenvalue weighted by Gasteiger charge is -2.29. The zero-order valence-electron chi connectivity index (χ0n) is 44.1. The number of nitrogens with zero attached hydrogens (tertiary/aromatic N) is 1. The predicted octanol–water partition coefficient (Wildman–Crippen LogP) is 16.1. The lowest BCUT2D eigenvalue weighted by molar-refractivity contribution is -0.870. The van der Waals surface area contributed by atoms with Gasteiger partial charge in [-0.15, -0.1) is 0 Å². The van der Waals surface area contributed by atoms with Crippen LogP contribution < -0.4 is 10.2 Å². The molecule has 0 rings (SSSR count). The van der Waals surface area contributed by atoms with Gasteiger partial charge in [0.05, 0.1) is 39.9 Å². The van der Waals surface area contributed by atoms with E-state index in [1.165, 1.54) is 167 Å². The van der Waals surface area contributed by atoms with E-state index in [1.54, 1.807) is 6.08 Å². The molecule has 0 spiro atoms. The molecule has 0 aromatic heterocycles. The first kappa shape index (κ1) is 64.5. The molecule has 0 bridgehead atoms. The van der Waals surface area contributed by atoms with Crippen molar-refractivity contribution in [1.29, 1.82) is 0 Å². The third kappa shape index (κ3) is 50.3. The summed E-state index contributed by atoms with van der Waals surface area (Å²) in [5, 5.41) is 13.8. The highest BCUT2D eigenvalue weighted by Crippen LogP contribution is 2.38. The van der Waals surface area contributed by atoms with Crippen LogP contribution in [-0.2, 0) is 18.4 Å². The number of likely N-dealkylation sites (N-methyl/N-ethyl adjacent to an activating group) is 1. The van der Waals surface area contributed by atoms with Crippen molar-refractivity contribution in [2.45, 2.75) is 270 Å². The maximum Gasteiger partial charge on any atom is 0.268 e. The van der Waals surface area contributed by atoms with Crippen LogP contribution in [0, 0.1) is 0 Å². The third-order valence-corrected chi connectivity index (χ3v) is 13.5. The van der Waals surface area contributed by atoms with Gasteiger partial charge in [0.15, 0.2) is 0 Å². The standard InChI is InChI=1S/C57H109N2O6P/c1-6-8-10-12-14-16-18-20-21-22-23-24-25-26-27-28-29-30-31-32-33-34-35-36-37-39-40-42-44-46-48-50-56(60)55(54-65-66(62,63)64-53-52-59(3,4)5)58-57(61)51-49-47-45-43-41-38-19-17-15-13-11-9-7-2/h11,13,17,19,40,42,48,50,55-56,60H,6-10,12,14-16,18,20-39,41,43-47,49,51-54H2,1-5H3,(H-,58,61,62,63)/b13-11-,19-17-,42-40+,50-48+. The number of hydrogen-bond acceptors (Lipinski definition) is 6. The fraction of sp³-hybridized carbons (Fsp3) is 0.842. The van der Waals surface area contributed by atoms with Gasteiger partial charge < -0.3 is 28.8 Å². The number of phosphoric ester groups is 1. The third-order valence-electron chi connectivity index (χ3n) is 12.5. The molecule has 2 N–H and O–H groups in total. The van der Waals surface area contributed by atoms with Crippen molar-refractivity contribution in [3.8, 4) is 0 Å². The molecule has 0 saturated heterocycles. The molecule has 0 aliphatic rings. The minimum Gasteiger partial charge on any atom is -0.756 e. The highest BCUT2D eigenvalue weighted by Gasteiger charge is 2.23. The van der Waals surface area contributed by atoms with Crippen LogP contribution in [0.25, 0.3) is 0 Å². The summed E-state index contributed by atoms with van der Waals surface area (Å²) in [6.07, 6.45) is 63.5. The van der Waals surface area contributed by atoms with E-state index in [0.29, 0.717) is 17.4 Å². The average molecular weight is 949 g/mol. The first-order valence-corrected chi connectivity index (χ1v) is 29.5. The number of phosphoric acid groups is 1. The van der Waals surface area contributed by atoms with E-state index in [1.807, 2.05) is 27.2 Å². The number of hydrogen-bond donors (Lipinski definition) is 2. The number of allylic oxidation sites excluding steroid dienone is 7. The van der Waals surface area contributed by atoms with E-state index in [4.69, 9.17) is 9.05 Å². The zero-order valence-corrected chi connectivity index (χ0v) is 45.0. The highest BCUT2D eigenvalue weighted by molar-refractivity contribution is 7.45. The van der Waals surface area contributed by atoms with Crippen molar-refractivity contribution in [3.63, 3.8) is 0 Å². The largest absolute Gasteiger partial charge is 0.756 e. The first-order chi connectivity index (χ1) is 32.0. The summed E-state index contributed by atoms with van der Waals surface area (Å²) in [5.41, 5.74) is 0. The van der Waals surface area contributed by atoms with E-state index in [2.05, 4.69) is 55.6 Å². The number of aliphatic hydroxyl groups excluding tert-OH is 1. The molecule has 388 valence electrons. The van der Waals surface area contributed by atoms with E-state index in [-0.39, 0.29) is 12.5 Å². The molecule has 0 radical (unpaired) electrons. The number of amides is 1. The Labute approximate surface area is 409 Å². The van der Waals surface area contributed by atoms with Crippen LogP contribution in [0.5, 0.6) is 0 Å². The molecule has 3 unspecified atom stereocenters. The Morgan fingerprint density at radius 3 is 1.38 bits per heavy atom. The first-order valence-electron chi connectivity index (χ1n) is 28.0. The molecule has 3 atom stereocenters. The molecular weight excluding hydrogens is 840 g/mol. The summed E-state index contributed by atoms with van der Waals surface area (Å²) in [5.74, 6) is -0.222. The number of carbonyl (C=O) groups is 1. The number of unbranched alkanes of at least 4 members (excludes halogenated alkanes) is 32. The molecule has 0 fully saturated rings. The van der Waals surface area contributed by atoms with Gasteiger partial charge in [-0.05, 0) is 57.8 Å². The number of aliphatic hydroxyl groups is 1. The molecule has 0 aromatic carbocycles. The lowest BCUT2D eigenvalue weighted by Crippen LogP contribution is -2.45. The van der Waals surface area contributed by atoms with Crippen molar-refractivity contribution in [1.82, 2.24) is 5.32 Å². The van der Waals surface area contributed by atoms with Gasteiger partial charge in [-0.3, -0.25) is 9.36 Å². The molecule has 0 saturated carbocycles. The number of quaternary nitrogens is 1. The Balaban J connectivity index is 4.14. The second-order valence-corrected chi connectivity index (χ2v) is 21.7. The van der Waals surface area contributed by atoms with Gasteiger partial charge >= 0.3 is 0 Å². The number of carbonyl (C=O) groups excluding carboxylic acids is 1. The number of rotatable bonds is 51. The van der Waals surface area contributed by atoms with Gasteiger partial charge in [-0.2, -0.15) is 0 Å². The zero-order chi connectivity index (χ0) is 48.5. The smallest absolute Gasteiger partial charge is 0.268 e. The quantitative estimate of drug-likeness (QED) is 0.0272. The van der Waals surface area contributed by atoms with E-state index >= 15 is 0 Å². The Bertz CT molecular complexity index is 1210. The summed E-state index contributed by atoms with van der Waals surface area (Å²) in [7, 11) is 1.23. The predicted molar refractivity (Wildman–Crippen MR) is 284 cm³/mol. The Morgan fingerprint density at radius 2 is 0.924 bits per heavy atom. The topological polar surface area (TPSA) is 108 Å². The fourth-order valence-corrected chi connectivity index (χ4v) is 8.81. The summed E-state index contributed by atoms with van der Waals surface area (Å²) >= 11 is 0. The van der Waals surface area contributed by atoms with E-state index in [9.17, 15) is 19.4 Å². The number of nitrogens with one attached hydrogen (secondary N) is 1. The van der Waals surface area contributed by atoms with E-state index in [0.717, 1.165) is 70.6 Å². The normalized spacial score (nSPS) is 14.3. The maximum absolute atomic E-state index is 12.9. The highest BCUT2D eigenvalue weighted by atomic mass is 31.2. The van der Waals surface area contributed by atoms with Crippen LogP contribution in [0.3, 0.4) is 0 Å². The van der Waals surface area contributed by atoms with Gasteiger partial charge in [-0.25, -0.2) is 0 Å². The van der Waals surface area contributed by atoms with Crippen LogP contribution in [0.15, 0.2) is 48.6 Å². The van der Waals surface area contributed by atoms with Crippen molar-refractivity contribution >= 4 is 13.7 Å². The molecule has 0 aliphatic heterocycles. The van der Waals surface area contributed by atoms with Gasteiger partial charge in [-0.1, -0.05) is 242 Å². The van der Waals surface area contributed by atoms with Crippen molar-refractivity contribution in [3.05, 3.63) is 48.6 Å². The Morgan fingerprint density at radius 1 is 0.530 bits per heavy atom. The van der Waals surface area contributed by atoms with Gasteiger partial charge in [0.1, 0.15) is 13.2 Å². The monoisotopic (exact) mass is 949 g/mol. The molecule has 0 heterocycles. The summed E-state index contributed by atoms with van der Waals surface area (Å²) in [6, 6.07) is -0.911. The van der Waals surface area contributed by atoms with Crippen LogP contribution in [0.4, 0.5) is 0 Å². The molecule has 9 heteroatoms. The van der Waals surface area contributed by atoms with Crippen molar-refractivity contribution in [2.24, 2.45) is 0 Å². The van der Waals surface area contributed by atoms with Gasteiger partial charge in [0.25, 0.3) is 7.82 Å².